The molecule has 104 valence electrons. The van der Waals surface area contributed by atoms with Crippen molar-refractivity contribution >= 4 is 0 Å². The second-order valence-electron chi connectivity index (χ2n) is 5.35. The van der Waals surface area contributed by atoms with Crippen LogP contribution < -0.4 is 14.8 Å². The smallest absolute Gasteiger partial charge is 0.231 e. The molecule has 0 fully saturated rings. The molecule has 2 aliphatic rings. The van der Waals surface area contributed by atoms with E-state index in [1.54, 1.807) is 0 Å². The van der Waals surface area contributed by atoms with E-state index >= 15 is 0 Å². The number of fused-ring (bicyclic) bond motifs is 2. The van der Waals surface area contributed by atoms with Gasteiger partial charge in [0.2, 0.25) is 6.79 Å². The molecule has 2 aromatic rings. The zero-order chi connectivity index (χ0) is 13.5. The minimum atomic E-state index is 0.295. The van der Waals surface area contributed by atoms with Gasteiger partial charge in [0.05, 0.1) is 5.69 Å². The number of benzene rings is 1. The summed E-state index contributed by atoms with van der Waals surface area (Å²) < 4.78 is 12.8. The maximum absolute atomic E-state index is 5.50. The summed E-state index contributed by atoms with van der Waals surface area (Å²) in [6.07, 6.45) is 3.91. The molecule has 1 N–H and O–H groups in total. The number of aryl methyl sites for hydroxylation is 1. The van der Waals surface area contributed by atoms with Crippen LogP contribution in [0.15, 0.2) is 24.4 Å². The van der Waals surface area contributed by atoms with Crippen molar-refractivity contribution in [1.82, 2.24) is 15.1 Å². The Hall–Kier alpha value is -2.01. The van der Waals surface area contributed by atoms with Crippen molar-refractivity contribution in [3.05, 3.63) is 41.2 Å². The van der Waals surface area contributed by atoms with E-state index in [-0.39, 0.29) is 0 Å². The van der Waals surface area contributed by atoms with E-state index in [4.69, 9.17) is 9.47 Å². The van der Waals surface area contributed by atoms with Gasteiger partial charge in [-0.3, -0.25) is 4.68 Å². The monoisotopic (exact) mass is 271 g/mol. The maximum atomic E-state index is 5.50. The van der Waals surface area contributed by atoms with Gasteiger partial charge < -0.3 is 14.8 Å². The molecule has 2 aliphatic heterocycles. The topological polar surface area (TPSA) is 48.3 Å². The molecule has 5 heteroatoms. The average Bonchev–Trinajstić information content (AvgIpc) is 3.05. The Morgan fingerprint density at radius 2 is 2.20 bits per heavy atom. The quantitative estimate of drug-likeness (QED) is 0.901. The van der Waals surface area contributed by atoms with Gasteiger partial charge in [-0.25, -0.2) is 0 Å². The van der Waals surface area contributed by atoms with Gasteiger partial charge in [-0.15, -0.1) is 0 Å². The number of hydrogen-bond acceptors (Lipinski definition) is 4. The van der Waals surface area contributed by atoms with Gasteiger partial charge in [0.1, 0.15) is 0 Å². The molecular weight excluding hydrogens is 254 g/mol. The zero-order valence-electron chi connectivity index (χ0n) is 11.4. The molecule has 0 aliphatic carbocycles. The highest BCUT2D eigenvalue weighted by molar-refractivity contribution is 5.50. The summed E-state index contributed by atoms with van der Waals surface area (Å²) in [5.74, 6) is 1.74. The van der Waals surface area contributed by atoms with Crippen LogP contribution in [0.5, 0.6) is 11.5 Å². The lowest BCUT2D eigenvalue weighted by Crippen LogP contribution is -2.31. The van der Waals surface area contributed by atoms with Crippen molar-refractivity contribution in [3.8, 4) is 11.5 Å². The maximum Gasteiger partial charge on any atom is 0.231 e. The average molecular weight is 271 g/mol. The highest BCUT2D eigenvalue weighted by Gasteiger charge is 2.25. The molecule has 0 saturated carbocycles. The lowest BCUT2D eigenvalue weighted by molar-refractivity contribution is 0.174. The normalized spacial score (nSPS) is 19.9. The van der Waals surface area contributed by atoms with Crippen LogP contribution in [0.1, 0.15) is 22.9 Å². The van der Waals surface area contributed by atoms with Gasteiger partial charge in [-0.2, -0.15) is 5.10 Å². The molecule has 0 bridgehead atoms. The van der Waals surface area contributed by atoms with Crippen LogP contribution in [-0.4, -0.2) is 23.1 Å². The second kappa shape index (κ2) is 4.52. The summed E-state index contributed by atoms with van der Waals surface area (Å²) in [7, 11) is 1.95. The van der Waals surface area contributed by atoms with E-state index in [1.165, 1.54) is 11.1 Å². The Bertz CT molecular complexity index is 651. The van der Waals surface area contributed by atoms with E-state index < -0.39 is 0 Å². The van der Waals surface area contributed by atoms with Crippen LogP contribution in [0.3, 0.4) is 0 Å². The summed E-state index contributed by atoms with van der Waals surface area (Å²) in [5, 5.41) is 8.05. The highest BCUT2D eigenvalue weighted by atomic mass is 16.7. The molecule has 0 amide bonds. The van der Waals surface area contributed by atoms with E-state index in [0.717, 1.165) is 36.6 Å². The van der Waals surface area contributed by atoms with E-state index in [0.29, 0.717) is 12.8 Å². The van der Waals surface area contributed by atoms with E-state index in [2.05, 4.69) is 28.6 Å². The van der Waals surface area contributed by atoms with Gasteiger partial charge in [-0.05, 0) is 42.3 Å². The predicted molar refractivity (Wildman–Crippen MR) is 73.9 cm³/mol. The Labute approximate surface area is 117 Å². The van der Waals surface area contributed by atoms with Gasteiger partial charge in [-0.1, -0.05) is 0 Å². The first-order valence-electron chi connectivity index (χ1n) is 6.94. The van der Waals surface area contributed by atoms with Crippen molar-refractivity contribution in [2.24, 2.45) is 7.05 Å². The number of rotatable bonds is 2. The summed E-state index contributed by atoms with van der Waals surface area (Å²) in [4.78, 5) is 0. The Kier molecular flexibility index (Phi) is 2.67. The fraction of sp³-hybridized carbons (Fsp3) is 0.400. The van der Waals surface area contributed by atoms with Crippen molar-refractivity contribution < 1.29 is 9.47 Å². The molecule has 1 aromatic heterocycles. The molecule has 1 aromatic carbocycles. The SMILES string of the molecule is Cn1ccc(CC2NCCc3cc4c(cc32)OCO4)n1. The lowest BCUT2D eigenvalue weighted by atomic mass is 9.91. The molecule has 1 unspecified atom stereocenters. The first-order chi connectivity index (χ1) is 9.79. The second-order valence-corrected chi connectivity index (χ2v) is 5.35. The minimum Gasteiger partial charge on any atom is -0.454 e. The molecule has 0 saturated heterocycles. The summed E-state index contributed by atoms with van der Waals surface area (Å²) in [6.45, 7) is 1.32. The van der Waals surface area contributed by atoms with E-state index in [9.17, 15) is 0 Å². The van der Waals surface area contributed by atoms with Crippen LogP contribution in [0, 0.1) is 0 Å². The fourth-order valence-corrected chi connectivity index (χ4v) is 3.00. The van der Waals surface area contributed by atoms with Crippen LogP contribution in [-0.2, 0) is 19.9 Å². The van der Waals surface area contributed by atoms with Gasteiger partial charge in [0.25, 0.3) is 0 Å². The van der Waals surface area contributed by atoms with Crippen molar-refractivity contribution in [1.29, 1.82) is 0 Å². The molecular formula is C15H17N3O2. The van der Waals surface area contributed by atoms with Crippen molar-refractivity contribution in [2.45, 2.75) is 18.9 Å². The van der Waals surface area contributed by atoms with E-state index in [1.807, 2.05) is 17.9 Å². The minimum absolute atomic E-state index is 0.295. The molecule has 1 atom stereocenters. The summed E-state index contributed by atoms with van der Waals surface area (Å²) >= 11 is 0. The highest BCUT2D eigenvalue weighted by Crippen LogP contribution is 2.38. The van der Waals surface area contributed by atoms with Gasteiger partial charge in [0, 0.05) is 25.7 Å². The lowest BCUT2D eigenvalue weighted by Gasteiger charge is -2.26. The van der Waals surface area contributed by atoms with Crippen molar-refractivity contribution in [3.63, 3.8) is 0 Å². The third kappa shape index (κ3) is 1.94. The molecule has 4 rings (SSSR count). The standard InChI is InChI=1S/C15H17N3O2/c1-18-5-3-11(17-18)7-13-12-8-15-14(19-9-20-15)6-10(12)2-4-16-13/h3,5-6,8,13,16H,2,4,7,9H2,1H3. The summed E-state index contributed by atoms with van der Waals surface area (Å²) in [6, 6.07) is 6.62. The molecule has 0 radical (unpaired) electrons. The van der Waals surface area contributed by atoms with Crippen molar-refractivity contribution in [2.75, 3.05) is 13.3 Å². The third-order valence-electron chi connectivity index (χ3n) is 3.98. The Morgan fingerprint density at radius 1 is 1.35 bits per heavy atom. The molecule has 3 heterocycles. The predicted octanol–water partition coefficient (Wildman–Crippen LogP) is 1.58. The number of hydrogen-bond donors (Lipinski definition) is 1. The van der Waals surface area contributed by atoms with Gasteiger partial charge in [0.15, 0.2) is 11.5 Å². The van der Waals surface area contributed by atoms with Crippen LogP contribution in [0.25, 0.3) is 0 Å². The van der Waals surface area contributed by atoms with Crippen LogP contribution in [0.2, 0.25) is 0 Å². The van der Waals surface area contributed by atoms with Gasteiger partial charge >= 0.3 is 0 Å². The number of nitrogens with one attached hydrogen (secondary N) is 1. The summed E-state index contributed by atoms with van der Waals surface area (Å²) in [5.41, 5.74) is 3.77. The fourth-order valence-electron chi connectivity index (χ4n) is 3.00. The molecule has 20 heavy (non-hydrogen) atoms. The third-order valence-corrected chi connectivity index (χ3v) is 3.98. The van der Waals surface area contributed by atoms with Crippen LogP contribution >= 0.6 is 0 Å². The molecule has 0 spiro atoms. The number of ether oxygens (including phenoxy) is 2. The Balaban J connectivity index is 1.67. The Morgan fingerprint density at radius 3 is 3.00 bits per heavy atom. The number of nitrogens with zero attached hydrogens (tertiary/aromatic N) is 2. The van der Waals surface area contributed by atoms with Crippen LogP contribution in [0.4, 0.5) is 0 Å². The zero-order valence-corrected chi connectivity index (χ0v) is 11.4. The number of aromatic nitrogens is 2. The largest absolute Gasteiger partial charge is 0.454 e. The molecule has 5 nitrogen and oxygen atoms in total. The first kappa shape index (κ1) is 11.8. The first-order valence-corrected chi connectivity index (χ1v) is 6.94.